The fourth-order valence-electron chi connectivity index (χ4n) is 4.19. The normalized spacial score (nSPS) is 23.6. The predicted octanol–water partition coefficient (Wildman–Crippen LogP) is 3.88. The Labute approximate surface area is 156 Å². The highest BCUT2D eigenvalue weighted by Crippen LogP contribution is 2.41. The first-order valence-corrected chi connectivity index (χ1v) is 10.7. The van der Waals surface area contributed by atoms with E-state index in [9.17, 15) is 0 Å². The molecule has 1 atom stereocenters. The molecule has 140 valence electrons. The van der Waals surface area contributed by atoms with Crippen LogP contribution < -0.4 is 5.32 Å². The van der Waals surface area contributed by atoms with Gasteiger partial charge >= 0.3 is 0 Å². The van der Waals surface area contributed by atoms with Crippen molar-refractivity contribution in [1.29, 1.82) is 0 Å². The smallest absolute Gasteiger partial charge is 0.193 e. The molecule has 1 aliphatic heterocycles. The summed E-state index contributed by atoms with van der Waals surface area (Å²) in [5, 5.41) is 5.71. The number of nitrogens with one attached hydrogen (secondary N) is 1. The SMILES string of the molecule is CCNC(=NCC1(c2cccs2)CCCCC1)N(C)CC1CCOC1. The molecule has 5 heteroatoms. The molecule has 0 aromatic carbocycles. The molecule has 1 aliphatic carbocycles. The summed E-state index contributed by atoms with van der Waals surface area (Å²) in [6, 6.07) is 4.51. The van der Waals surface area contributed by atoms with Gasteiger partial charge in [-0.15, -0.1) is 11.3 Å². The van der Waals surface area contributed by atoms with Crippen molar-refractivity contribution in [2.75, 3.05) is 39.9 Å². The molecule has 0 bridgehead atoms. The van der Waals surface area contributed by atoms with E-state index in [0.29, 0.717) is 5.92 Å². The highest BCUT2D eigenvalue weighted by molar-refractivity contribution is 7.10. The monoisotopic (exact) mass is 363 g/mol. The Morgan fingerprint density at radius 1 is 1.40 bits per heavy atom. The number of hydrogen-bond donors (Lipinski definition) is 1. The lowest BCUT2D eigenvalue weighted by Crippen LogP contribution is -2.43. The second-order valence-corrected chi connectivity index (χ2v) is 8.55. The van der Waals surface area contributed by atoms with Crippen molar-refractivity contribution in [1.82, 2.24) is 10.2 Å². The van der Waals surface area contributed by atoms with Gasteiger partial charge in [-0.3, -0.25) is 4.99 Å². The molecular weight excluding hydrogens is 330 g/mol. The standard InChI is InChI=1S/C20H33N3OS/c1-3-21-19(23(2)14-17-9-12-24-15-17)22-16-20(10-5-4-6-11-20)18-8-7-13-25-18/h7-8,13,17H,3-6,9-12,14-16H2,1-2H3,(H,21,22). The minimum Gasteiger partial charge on any atom is -0.381 e. The molecule has 2 fully saturated rings. The van der Waals surface area contributed by atoms with Crippen LogP contribution in [0.2, 0.25) is 0 Å². The van der Waals surface area contributed by atoms with Crippen molar-refractivity contribution in [3.63, 3.8) is 0 Å². The van der Waals surface area contributed by atoms with Gasteiger partial charge in [0.2, 0.25) is 0 Å². The highest BCUT2D eigenvalue weighted by atomic mass is 32.1. The summed E-state index contributed by atoms with van der Waals surface area (Å²) in [7, 11) is 2.17. The van der Waals surface area contributed by atoms with Crippen molar-refractivity contribution < 1.29 is 4.74 Å². The zero-order chi connectivity index (χ0) is 17.5. The Bertz CT molecular complexity index is 531. The summed E-state index contributed by atoms with van der Waals surface area (Å²) in [4.78, 5) is 8.93. The van der Waals surface area contributed by atoms with Crippen molar-refractivity contribution in [3.8, 4) is 0 Å². The third kappa shape index (κ3) is 4.76. The molecule has 1 saturated heterocycles. The van der Waals surface area contributed by atoms with E-state index in [4.69, 9.17) is 9.73 Å². The van der Waals surface area contributed by atoms with Crippen LogP contribution in [0.4, 0.5) is 0 Å². The van der Waals surface area contributed by atoms with Gasteiger partial charge in [-0.1, -0.05) is 25.3 Å². The van der Waals surface area contributed by atoms with Crippen LogP contribution >= 0.6 is 11.3 Å². The van der Waals surface area contributed by atoms with Crippen LogP contribution in [0.3, 0.4) is 0 Å². The van der Waals surface area contributed by atoms with E-state index in [-0.39, 0.29) is 5.41 Å². The number of thiophene rings is 1. The minimum absolute atomic E-state index is 0.254. The number of hydrogen-bond acceptors (Lipinski definition) is 3. The summed E-state index contributed by atoms with van der Waals surface area (Å²) in [6.07, 6.45) is 7.76. The predicted molar refractivity (Wildman–Crippen MR) is 107 cm³/mol. The molecule has 0 spiro atoms. The summed E-state index contributed by atoms with van der Waals surface area (Å²) in [6.45, 7) is 6.80. The topological polar surface area (TPSA) is 36.9 Å². The maximum absolute atomic E-state index is 5.53. The molecule has 4 nitrogen and oxygen atoms in total. The van der Waals surface area contributed by atoms with Gasteiger partial charge in [-0.05, 0) is 37.6 Å². The lowest BCUT2D eigenvalue weighted by Gasteiger charge is -2.36. The summed E-state index contributed by atoms with van der Waals surface area (Å²) in [5.74, 6) is 1.69. The van der Waals surface area contributed by atoms with Gasteiger partial charge in [0.15, 0.2) is 5.96 Å². The maximum Gasteiger partial charge on any atom is 0.193 e. The van der Waals surface area contributed by atoms with E-state index in [0.717, 1.165) is 38.8 Å². The first kappa shape index (κ1) is 18.7. The second kappa shape index (κ2) is 9.04. The first-order valence-electron chi connectivity index (χ1n) is 9.85. The highest BCUT2D eigenvalue weighted by Gasteiger charge is 2.35. The third-order valence-corrected chi connectivity index (χ3v) is 6.75. The Morgan fingerprint density at radius 2 is 2.24 bits per heavy atom. The third-order valence-electron chi connectivity index (χ3n) is 5.64. The number of ether oxygens (including phenoxy) is 1. The molecule has 0 amide bonds. The van der Waals surface area contributed by atoms with Crippen LogP contribution in [0, 0.1) is 5.92 Å². The van der Waals surface area contributed by atoms with Crippen molar-refractivity contribution in [2.24, 2.45) is 10.9 Å². The van der Waals surface area contributed by atoms with Crippen LogP contribution in [0.25, 0.3) is 0 Å². The lowest BCUT2D eigenvalue weighted by molar-refractivity contribution is 0.181. The molecule has 1 N–H and O–H groups in total. The summed E-state index contributed by atoms with van der Waals surface area (Å²) in [5.41, 5.74) is 0.254. The Morgan fingerprint density at radius 3 is 2.88 bits per heavy atom. The molecule has 2 heterocycles. The average Bonchev–Trinajstić information content (AvgIpc) is 3.33. The average molecular weight is 364 g/mol. The number of aliphatic imine (C=N–C) groups is 1. The molecular formula is C20H33N3OS. The van der Waals surface area contributed by atoms with Gasteiger partial charge in [-0.2, -0.15) is 0 Å². The minimum atomic E-state index is 0.254. The summed E-state index contributed by atoms with van der Waals surface area (Å²) < 4.78 is 5.53. The van der Waals surface area contributed by atoms with Gasteiger partial charge in [0.1, 0.15) is 0 Å². The molecule has 1 aromatic heterocycles. The number of nitrogens with zero attached hydrogens (tertiary/aromatic N) is 2. The van der Waals surface area contributed by atoms with Gasteiger partial charge in [-0.25, -0.2) is 0 Å². The summed E-state index contributed by atoms with van der Waals surface area (Å²) >= 11 is 1.91. The molecule has 3 rings (SSSR count). The maximum atomic E-state index is 5.53. The largest absolute Gasteiger partial charge is 0.381 e. The van der Waals surface area contributed by atoms with Crippen LogP contribution in [-0.4, -0.2) is 50.8 Å². The van der Waals surface area contributed by atoms with E-state index in [1.54, 1.807) is 0 Å². The van der Waals surface area contributed by atoms with Crippen molar-refractivity contribution in [2.45, 2.75) is 50.9 Å². The fourth-order valence-corrected chi connectivity index (χ4v) is 5.17. The fraction of sp³-hybridized carbons (Fsp3) is 0.750. The molecule has 1 aromatic rings. The molecule has 1 unspecified atom stereocenters. The van der Waals surface area contributed by atoms with E-state index >= 15 is 0 Å². The van der Waals surface area contributed by atoms with E-state index in [1.807, 2.05) is 11.3 Å². The van der Waals surface area contributed by atoms with Gasteiger partial charge in [0.05, 0.1) is 13.2 Å². The Balaban J connectivity index is 1.71. The van der Waals surface area contributed by atoms with Crippen molar-refractivity contribution in [3.05, 3.63) is 22.4 Å². The molecule has 1 saturated carbocycles. The van der Waals surface area contributed by atoms with Gasteiger partial charge in [0.25, 0.3) is 0 Å². The number of rotatable bonds is 6. The zero-order valence-electron chi connectivity index (χ0n) is 15.8. The van der Waals surface area contributed by atoms with E-state index < -0.39 is 0 Å². The van der Waals surface area contributed by atoms with Gasteiger partial charge in [0, 0.05) is 43.0 Å². The van der Waals surface area contributed by atoms with E-state index in [2.05, 4.69) is 41.7 Å². The van der Waals surface area contributed by atoms with Gasteiger partial charge < -0.3 is 15.0 Å². The van der Waals surface area contributed by atoms with E-state index in [1.165, 1.54) is 43.4 Å². The quantitative estimate of drug-likeness (QED) is 0.615. The van der Waals surface area contributed by atoms with Crippen LogP contribution in [0.15, 0.2) is 22.5 Å². The molecule has 25 heavy (non-hydrogen) atoms. The van der Waals surface area contributed by atoms with Crippen LogP contribution in [0.5, 0.6) is 0 Å². The zero-order valence-corrected chi connectivity index (χ0v) is 16.6. The van der Waals surface area contributed by atoms with Crippen molar-refractivity contribution >= 4 is 17.3 Å². The first-order chi connectivity index (χ1) is 12.2. The number of guanidine groups is 1. The van der Waals surface area contributed by atoms with Crippen LogP contribution in [-0.2, 0) is 10.2 Å². The lowest BCUT2D eigenvalue weighted by atomic mass is 9.73. The van der Waals surface area contributed by atoms with Crippen LogP contribution in [0.1, 0.15) is 50.3 Å². The Kier molecular flexibility index (Phi) is 6.77. The Hall–Kier alpha value is -1.07. The molecule has 0 radical (unpaired) electrons. The second-order valence-electron chi connectivity index (χ2n) is 7.60. The molecule has 2 aliphatic rings.